The Morgan fingerprint density at radius 2 is 1.85 bits per heavy atom. The van der Waals surface area contributed by atoms with E-state index < -0.39 is 23.4 Å². The van der Waals surface area contributed by atoms with Crippen molar-refractivity contribution in [3.63, 3.8) is 0 Å². The number of pyridine rings is 1. The number of aliphatic hydroxyl groups is 1. The Hall–Kier alpha value is -3.14. The molecule has 4 rings (SSSR count). The van der Waals surface area contributed by atoms with Crippen LogP contribution in [0, 0.1) is 0 Å². The molecule has 0 bridgehead atoms. The summed E-state index contributed by atoms with van der Waals surface area (Å²) in [4.78, 5) is 23.3. The molecule has 0 spiro atoms. The van der Waals surface area contributed by atoms with E-state index in [1.165, 1.54) is 12.1 Å². The van der Waals surface area contributed by atoms with Gasteiger partial charge >= 0.3 is 6.18 Å². The first-order chi connectivity index (χ1) is 15.9. The van der Waals surface area contributed by atoms with Crippen molar-refractivity contribution in [1.29, 1.82) is 0 Å². The molecule has 3 aromatic rings. The second-order valence-corrected chi connectivity index (χ2v) is 9.31. The van der Waals surface area contributed by atoms with Crippen LogP contribution in [0.25, 0.3) is 11.0 Å². The van der Waals surface area contributed by atoms with Crippen LogP contribution in [0.15, 0.2) is 30.3 Å². The number of alkyl halides is 3. The molecule has 1 amide bonds. The van der Waals surface area contributed by atoms with Gasteiger partial charge in [0.05, 0.1) is 28.0 Å². The van der Waals surface area contributed by atoms with E-state index in [1.807, 2.05) is 17.7 Å². The molecule has 1 saturated heterocycles. The maximum absolute atomic E-state index is 13.1. The van der Waals surface area contributed by atoms with Crippen molar-refractivity contribution >= 4 is 28.3 Å². The zero-order chi connectivity index (χ0) is 24.7. The average Bonchev–Trinajstić information content (AvgIpc) is 3.39. The van der Waals surface area contributed by atoms with Gasteiger partial charge in [0.2, 0.25) is 0 Å². The van der Waals surface area contributed by atoms with Crippen LogP contribution in [0.4, 0.5) is 24.5 Å². The molecule has 1 aliphatic rings. The van der Waals surface area contributed by atoms with Crippen molar-refractivity contribution in [2.75, 3.05) is 23.3 Å². The number of rotatable bonds is 6. The van der Waals surface area contributed by atoms with Crippen LogP contribution in [0.2, 0.25) is 0 Å². The molecular weight excluding hydrogens is 447 g/mol. The number of hydrogen-bond acceptors (Lipinski definition) is 5. The van der Waals surface area contributed by atoms with E-state index in [-0.39, 0.29) is 5.69 Å². The number of benzene rings is 1. The SMILES string of the molecule is Cn1c(CCC(C)(C)O)nc2cc(N3CCCC3)c(NC(=O)c3cccc(C(F)(F)F)n3)cc21. The maximum Gasteiger partial charge on any atom is 0.433 e. The van der Waals surface area contributed by atoms with E-state index in [9.17, 15) is 23.1 Å². The molecule has 1 aliphatic heterocycles. The molecule has 34 heavy (non-hydrogen) atoms. The summed E-state index contributed by atoms with van der Waals surface area (Å²) in [5, 5.41) is 12.9. The minimum atomic E-state index is -4.63. The van der Waals surface area contributed by atoms with Gasteiger partial charge in [-0.25, -0.2) is 9.97 Å². The number of aryl methyl sites for hydroxylation is 2. The van der Waals surface area contributed by atoms with Gasteiger partial charge in [0, 0.05) is 26.6 Å². The molecule has 0 saturated carbocycles. The molecule has 0 atom stereocenters. The van der Waals surface area contributed by atoms with Gasteiger partial charge in [-0.05, 0) is 57.4 Å². The molecular formula is C24H28F3N5O2. The Kier molecular flexibility index (Phi) is 6.28. The number of fused-ring (bicyclic) bond motifs is 1. The van der Waals surface area contributed by atoms with Crippen molar-refractivity contribution in [2.24, 2.45) is 7.05 Å². The summed E-state index contributed by atoms with van der Waals surface area (Å²) in [7, 11) is 1.87. The van der Waals surface area contributed by atoms with Crippen molar-refractivity contribution in [3.05, 3.63) is 47.5 Å². The summed E-state index contributed by atoms with van der Waals surface area (Å²) >= 11 is 0. The fourth-order valence-electron chi connectivity index (χ4n) is 4.14. The number of nitrogens with one attached hydrogen (secondary N) is 1. The van der Waals surface area contributed by atoms with Crippen molar-refractivity contribution in [3.8, 4) is 0 Å². The first-order valence-corrected chi connectivity index (χ1v) is 11.2. The predicted octanol–water partition coefficient (Wildman–Crippen LogP) is 4.54. The highest BCUT2D eigenvalue weighted by molar-refractivity contribution is 6.06. The topological polar surface area (TPSA) is 83.3 Å². The molecule has 1 fully saturated rings. The molecule has 7 nitrogen and oxygen atoms in total. The van der Waals surface area contributed by atoms with Crippen molar-refractivity contribution in [1.82, 2.24) is 14.5 Å². The highest BCUT2D eigenvalue weighted by Gasteiger charge is 2.33. The molecule has 1 aromatic carbocycles. The lowest BCUT2D eigenvalue weighted by atomic mass is 10.0. The Labute approximate surface area is 195 Å². The molecule has 0 radical (unpaired) electrons. The standard InChI is InChI=1S/C24H28F3N5O2/c1-23(2,34)10-9-21-29-16-14-19(32-11-4-5-12-32)17(13-18(16)31(21)3)30-22(33)15-7-6-8-20(28-15)24(25,26)27/h6-8,13-14,34H,4-5,9-12H2,1-3H3,(H,30,33). The number of aromatic nitrogens is 3. The first kappa shape index (κ1) is 24.0. The fourth-order valence-corrected chi connectivity index (χ4v) is 4.14. The highest BCUT2D eigenvalue weighted by atomic mass is 19.4. The van der Waals surface area contributed by atoms with E-state index in [4.69, 9.17) is 4.98 Å². The molecule has 0 unspecified atom stereocenters. The lowest BCUT2D eigenvalue weighted by Crippen LogP contribution is -2.22. The minimum Gasteiger partial charge on any atom is -0.390 e. The van der Waals surface area contributed by atoms with Crippen molar-refractivity contribution in [2.45, 2.75) is 51.3 Å². The Balaban J connectivity index is 1.71. The van der Waals surface area contributed by atoms with Crippen molar-refractivity contribution < 1.29 is 23.1 Å². The largest absolute Gasteiger partial charge is 0.433 e. The predicted molar refractivity (Wildman–Crippen MR) is 124 cm³/mol. The number of carbonyl (C=O) groups excluding carboxylic acids is 1. The van der Waals surface area contributed by atoms with Gasteiger partial charge in [0.15, 0.2) is 0 Å². The third-order valence-electron chi connectivity index (χ3n) is 6.02. The second-order valence-electron chi connectivity index (χ2n) is 9.31. The number of halogens is 3. The molecule has 10 heteroatoms. The van der Waals surface area contributed by atoms with Gasteiger partial charge in [-0.2, -0.15) is 13.2 Å². The summed E-state index contributed by atoms with van der Waals surface area (Å²) in [6.07, 6.45) is -1.50. The van der Waals surface area contributed by atoms with Crippen LogP contribution in [-0.2, 0) is 19.6 Å². The van der Waals surface area contributed by atoms with E-state index in [0.717, 1.165) is 54.5 Å². The number of imidazole rings is 1. The Morgan fingerprint density at radius 1 is 1.15 bits per heavy atom. The molecule has 0 aliphatic carbocycles. The van der Waals surface area contributed by atoms with Gasteiger partial charge < -0.3 is 19.9 Å². The third kappa shape index (κ3) is 5.16. The summed E-state index contributed by atoms with van der Waals surface area (Å²) < 4.78 is 41.1. The van der Waals surface area contributed by atoms with Crippen LogP contribution in [-0.4, -0.2) is 44.2 Å². The van der Waals surface area contributed by atoms with Crippen LogP contribution in [0.3, 0.4) is 0 Å². The highest BCUT2D eigenvalue weighted by Crippen LogP contribution is 2.34. The third-order valence-corrected chi connectivity index (χ3v) is 6.02. The second kappa shape index (κ2) is 8.90. The number of amides is 1. The Bertz CT molecular complexity index is 1210. The zero-order valence-electron chi connectivity index (χ0n) is 19.4. The average molecular weight is 476 g/mol. The van der Waals surface area contributed by atoms with E-state index in [0.29, 0.717) is 18.5 Å². The normalized spacial score (nSPS) is 14.7. The first-order valence-electron chi connectivity index (χ1n) is 11.2. The molecule has 2 N–H and O–H groups in total. The fraction of sp³-hybridized carbons (Fsp3) is 0.458. The number of hydrogen-bond donors (Lipinski definition) is 2. The summed E-state index contributed by atoms with van der Waals surface area (Å²) in [6.45, 7) is 5.12. The van der Waals surface area contributed by atoms with Gasteiger partial charge in [-0.1, -0.05) is 6.07 Å². The number of nitrogens with zero attached hydrogens (tertiary/aromatic N) is 4. The molecule has 3 heterocycles. The quantitative estimate of drug-likeness (QED) is 0.547. The summed E-state index contributed by atoms with van der Waals surface area (Å²) in [5.74, 6) is 0.0860. The number of carbonyl (C=O) groups is 1. The van der Waals surface area contributed by atoms with Gasteiger partial charge in [0.25, 0.3) is 5.91 Å². The smallest absolute Gasteiger partial charge is 0.390 e. The number of anilines is 2. The van der Waals surface area contributed by atoms with Crippen LogP contribution in [0.1, 0.15) is 55.1 Å². The van der Waals surface area contributed by atoms with Gasteiger partial charge in [-0.15, -0.1) is 0 Å². The van der Waals surface area contributed by atoms with Crippen LogP contribution < -0.4 is 10.2 Å². The van der Waals surface area contributed by atoms with Gasteiger partial charge in [-0.3, -0.25) is 4.79 Å². The monoisotopic (exact) mass is 475 g/mol. The molecule has 182 valence electrons. The molecule has 2 aromatic heterocycles. The van der Waals surface area contributed by atoms with E-state index >= 15 is 0 Å². The van der Waals surface area contributed by atoms with Crippen LogP contribution >= 0.6 is 0 Å². The van der Waals surface area contributed by atoms with E-state index in [1.54, 1.807) is 19.9 Å². The Morgan fingerprint density at radius 3 is 2.50 bits per heavy atom. The van der Waals surface area contributed by atoms with E-state index in [2.05, 4.69) is 15.2 Å². The summed E-state index contributed by atoms with van der Waals surface area (Å²) in [6, 6.07) is 6.98. The van der Waals surface area contributed by atoms with Crippen LogP contribution in [0.5, 0.6) is 0 Å². The summed E-state index contributed by atoms with van der Waals surface area (Å²) in [5.41, 5.74) is 0.562. The lowest BCUT2D eigenvalue weighted by molar-refractivity contribution is -0.141. The lowest BCUT2D eigenvalue weighted by Gasteiger charge is -2.22. The zero-order valence-corrected chi connectivity index (χ0v) is 19.4. The maximum atomic E-state index is 13.1. The van der Waals surface area contributed by atoms with Gasteiger partial charge in [0.1, 0.15) is 17.2 Å². The minimum absolute atomic E-state index is 0.307.